The SMILES string of the molecule is CC(C)(C)NCC1(c2ccc(C(C)(C)C)cc2)CCC1. The Morgan fingerprint density at radius 2 is 1.50 bits per heavy atom. The molecule has 0 spiro atoms. The summed E-state index contributed by atoms with van der Waals surface area (Å²) < 4.78 is 0. The van der Waals surface area contributed by atoms with Crippen molar-refractivity contribution in [3.63, 3.8) is 0 Å². The zero-order valence-corrected chi connectivity index (χ0v) is 14.1. The molecule has 0 bridgehead atoms. The van der Waals surface area contributed by atoms with E-state index >= 15 is 0 Å². The van der Waals surface area contributed by atoms with Gasteiger partial charge in [-0.25, -0.2) is 0 Å². The molecular formula is C19H31N. The van der Waals surface area contributed by atoms with Crippen LogP contribution >= 0.6 is 0 Å². The molecule has 0 atom stereocenters. The van der Waals surface area contributed by atoms with Crippen LogP contribution < -0.4 is 5.32 Å². The second-order valence-corrected chi connectivity index (χ2v) is 8.56. The first-order valence-corrected chi connectivity index (χ1v) is 7.99. The molecule has 1 nitrogen and oxygen atoms in total. The Labute approximate surface area is 125 Å². The van der Waals surface area contributed by atoms with Gasteiger partial charge in [-0.05, 0) is 50.2 Å². The maximum atomic E-state index is 3.71. The van der Waals surface area contributed by atoms with E-state index in [1.54, 1.807) is 0 Å². The second-order valence-electron chi connectivity index (χ2n) is 8.56. The summed E-state index contributed by atoms with van der Waals surface area (Å²) in [5, 5.41) is 3.71. The van der Waals surface area contributed by atoms with Crippen molar-refractivity contribution in [2.75, 3.05) is 6.54 Å². The summed E-state index contributed by atoms with van der Waals surface area (Å²) in [6, 6.07) is 9.38. The van der Waals surface area contributed by atoms with Crippen LogP contribution in [-0.4, -0.2) is 12.1 Å². The summed E-state index contributed by atoms with van der Waals surface area (Å²) in [6.07, 6.45) is 4.02. The monoisotopic (exact) mass is 273 g/mol. The minimum Gasteiger partial charge on any atom is -0.311 e. The first kappa shape index (κ1) is 15.6. The molecule has 0 unspecified atom stereocenters. The quantitative estimate of drug-likeness (QED) is 0.834. The number of hydrogen-bond acceptors (Lipinski definition) is 1. The summed E-state index contributed by atoms with van der Waals surface area (Å²) in [4.78, 5) is 0. The minimum absolute atomic E-state index is 0.202. The van der Waals surface area contributed by atoms with Crippen LogP contribution in [0, 0.1) is 0 Å². The highest BCUT2D eigenvalue weighted by atomic mass is 15.0. The van der Waals surface area contributed by atoms with Gasteiger partial charge in [0.15, 0.2) is 0 Å². The molecule has 112 valence electrons. The third kappa shape index (κ3) is 3.44. The molecule has 1 aromatic rings. The Morgan fingerprint density at radius 1 is 0.950 bits per heavy atom. The lowest BCUT2D eigenvalue weighted by Gasteiger charge is -2.44. The fourth-order valence-corrected chi connectivity index (χ4v) is 2.93. The van der Waals surface area contributed by atoms with Gasteiger partial charge in [-0.2, -0.15) is 0 Å². The van der Waals surface area contributed by atoms with Crippen molar-refractivity contribution in [2.24, 2.45) is 0 Å². The van der Waals surface area contributed by atoms with Crippen LogP contribution in [0.4, 0.5) is 0 Å². The summed E-state index contributed by atoms with van der Waals surface area (Å²) >= 11 is 0. The van der Waals surface area contributed by atoms with Gasteiger partial charge in [0, 0.05) is 17.5 Å². The van der Waals surface area contributed by atoms with E-state index in [1.807, 2.05) is 0 Å². The van der Waals surface area contributed by atoms with Crippen molar-refractivity contribution in [3.05, 3.63) is 35.4 Å². The van der Waals surface area contributed by atoms with Gasteiger partial charge >= 0.3 is 0 Å². The maximum Gasteiger partial charge on any atom is 0.00968 e. The van der Waals surface area contributed by atoms with E-state index in [1.165, 1.54) is 30.4 Å². The molecule has 0 aromatic heterocycles. The van der Waals surface area contributed by atoms with E-state index in [-0.39, 0.29) is 11.0 Å². The summed E-state index contributed by atoms with van der Waals surface area (Å²) in [5.41, 5.74) is 3.78. The summed E-state index contributed by atoms with van der Waals surface area (Å²) in [7, 11) is 0. The van der Waals surface area contributed by atoms with Gasteiger partial charge in [-0.15, -0.1) is 0 Å². The van der Waals surface area contributed by atoms with E-state index in [2.05, 4.69) is 71.1 Å². The predicted octanol–water partition coefficient (Wildman–Crippen LogP) is 4.79. The number of nitrogens with one attached hydrogen (secondary N) is 1. The lowest BCUT2D eigenvalue weighted by Crippen LogP contribution is -2.49. The zero-order valence-electron chi connectivity index (χ0n) is 14.1. The molecule has 0 aliphatic heterocycles. The van der Waals surface area contributed by atoms with Gasteiger partial charge in [0.1, 0.15) is 0 Å². The van der Waals surface area contributed by atoms with Gasteiger partial charge < -0.3 is 5.32 Å². The van der Waals surface area contributed by atoms with Gasteiger partial charge in [0.25, 0.3) is 0 Å². The van der Waals surface area contributed by atoms with Crippen molar-refractivity contribution in [3.8, 4) is 0 Å². The number of rotatable bonds is 3. The Bertz CT molecular complexity index is 438. The molecule has 1 aromatic carbocycles. The van der Waals surface area contributed by atoms with Crippen molar-refractivity contribution in [2.45, 2.75) is 77.2 Å². The first-order valence-electron chi connectivity index (χ1n) is 7.99. The van der Waals surface area contributed by atoms with E-state index in [0.29, 0.717) is 5.41 Å². The van der Waals surface area contributed by atoms with Crippen molar-refractivity contribution < 1.29 is 0 Å². The van der Waals surface area contributed by atoms with E-state index in [0.717, 1.165) is 6.54 Å². The van der Waals surface area contributed by atoms with Crippen LogP contribution in [-0.2, 0) is 10.8 Å². The third-order valence-corrected chi connectivity index (χ3v) is 4.63. The maximum absolute atomic E-state index is 3.71. The highest BCUT2D eigenvalue weighted by molar-refractivity contribution is 5.34. The number of benzene rings is 1. The lowest BCUT2D eigenvalue weighted by molar-refractivity contribution is 0.213. The standard InChI is InChI=1S/C19H31N/c1-17(2,3)15-8-10-16(11-9-15)19(12-7-13-19)14-20-18(4,5)6/h8-11,20H,7,12-14H2,1-6H3. The van der Waals surface area contributed by atoms with Crippen molar-refractivity contribution >= 4 is 0 Å². The lowest BCUT2D eigenvalue weighted by atomic mass is 9.64. The molecule has 1 aliphatic carbocycles. The third-order valence-electron chi connectivity index (χ3n) is 4.63. The Balaban J connectivity index is 2.16. The van der Waals surface area contributed by atoms with E-state index in [9.17, 15) is 0 Å². The zero-order chi connectivity index (χ0) is 15.0. The molecule has 0 amide bonds. The molecule has 1 aliphatic rings. The average molecular weight is 273 g/mol. The fourth-order valence-electron chi connectivity index (χ4n) is 2.93. The van der Waals surface area contributed by atoms with Crippen LogP contribution in [0.1, 0.15) is 71.9 Å². The van der Waals surface area contributed by atoms with Gasteiger partial charge in [-0.1, -0.05) is 51.5 Å². The highest BCUT2D eigenvalue weighted by Gasteiger charge is 2.39. The van der Waals surface area contributed by atoms with E-state index in [4.69, 9.17) is 0 Å². The van der Waals surface area contributed by atoms with Crippen LogP contribution in [0.3, 0.4) is 0 Å². The van der Waals surface area contributed by atoms with Crippen LogP contribution in [0.5, 0.6) is 0 Å². The van der Waals surface area contributed by atoms with Crippen LogP contribution in [0.25, 0.3) is 0 Å². The number of hydrogen-bond donors (Lipinski definition) is 1. The summed E-state index contributed by atoms with van der Waals surface area (Å²) in [6.45, 7) is 14.7. The van der Waals surface area contributed by atoms with Gasteiger partial charge in [0.2, 0.25) is 0 Å². The first-order chi connectivity index (χ1) is 9.12. The molecule has 1 saturated carbocycles. The Hall–Kier alpha value is -0.820. The minimum atomic E-state index is 0.202. The molecular weight excluding hydrogens is 242 g/mol. The van der Waals surface area contributed by atoms with Crippen LogP contribution in [0.2, 0.25) is 0 Å². The topological polar surface area (TPSA) is 12.0 Å². The molecule has 0 radical (unpaired) electrons. The summed E-state index contributed by atoms with van der Waals surface area (Å²) in [5.74, 6) is 0. The molecule has 0 saturated heterocycles. The molecule has 1 fully saturated rings. The predicted molar refractivity (Wildman–Crippen MR) is 88.4 cm³/mol. The Morgan fingerprint density at radius 3 is 1.85 bits per heavy atom. The molecule has 20 heavy (non-hydrogen) atoms. The smallest absolute Gasteiger partial charge is 0.00968 e. The largest absolute Gasteiger partial charge is 0.311 e. The van der Waals surface area contributed by atoms with E-state index < -0.39 is 0 Å². The van der Waals surface area contributed by atoms with Gasteiger partial charge in [-0.3, -0.25) is 0 Å². The molecule has 1 N–H and O–H groups in total. The normalized spacial score (nSPS) is 18.7. The molecule has 2 rings (SSSR count). The fraction of sp³-hybridized carbons (Fsp3) is 0.684. The second kappa shape index (κ2) is 5.18. The Kier molecular flexibility index (Phi) is 4.03. The highest BCUT2D eigenvalue weighted by Crippen LogP contribution is 2.43. The molecule has 1 heteroatoms. The van der Waals surface area contributed by atoms with Crippen molar-refractivity contribution in [1.29, 1.82) is 0 Å². The molecule has 0 heterocycles. The van der Waals surface area contributed by atoms with Gasteiger partial charge in [0.05, 0.1) is 0 Å². The van der Waals surface area contributed by atoms with Crippen molar-refractivity contribution in [1.82, 2.24) is 5.32 Å². The van der Waals surface area contributed by atoms with Crippen LogP contribution in [0.15, 0.2) is 24.3 Å². The average Bonchev–Trinajstić information content (AvgIpc) is 2.25.